The molecule has 0 N–H and O–H groups in total. The molecule has 0 saturated carbocycles. The van der Waals surface area contributed by atoms with Crippen LogP contribution in [0.15, 0.2) is 36.4 Å². The Balaban J connectivity index is 1.74. The van der Waals surface area contributed by atoms with E-state index in [1.165, 1.54) is 23.5 Å². The number of ether oxygens (including phenoxy) is 1. The van der Waals surface area contributed by atoms with Crippen LogP contribution in [0.3, 0.4) is 0 Å². The monoisotopic (exact) mass is 357 g/mol. The van der Waals surface area contributed by atoms with Crippen LogP contribution in [0.2, 0.25) is 0 Å². The van der Waals surface area contributed by atoms with Gasteiger partial charge in [-0.1, -0.05) is 6.92 Å². The third-order valence-electron chi connectivity index (χ3n) is 3.81. The van der Waals surface area contributed by atoms with Crippen molar-refractivity contribution in [2.75, 3.05) is 6.61 Å². The van der Waals surface area contributed by atoms with Crippen molar-refractivity contribution in [2.24, 2.45) is 0 Å². The van der Waals surface area contributed by atoms with Crippen LogP contribution in [0.1, 0.15) is 37.5 Å². The lowest BCUT2D eigenvalue weighted by Crippen LogP contribution is -2.14. The maximum atomic E-state index is 13.3. The number of ketones is 1. The van der Waals surface area contributed by atoms with E-state index in [1.807, 2.05) is 13.0 Å². The molecule has 0 fully saturated rings. The molecule has 0 bridgehead atoms. The van der Waals surface area contributed by atoms with Gasteiger partial charge in [-0.05, 0) is 43.7 Å². The Kier molecular flexibility index (Phi) is 4.90. The number of benzene rings is 1. The van der Waals surface area contributed by atoms with Crippen LogP contribution in [0.5, 0.6) is 0 Å². The van der Waals surface area contributed by atoms with Crippen LogP contribution in [0.25, 0.3) is 10.9 Å². The van der Waals surface area contributed by atoms with Gasteiger partial charge in [0.15, 0.2) is 6.61 Å². The number of pyridine rings is 1. The molecule has 0 aliphatic rings. The highest BCUT2D eigenvalue weighted by Crippen LogP contribution is 2.20. The van der Waals surface area contributed by atoms with Crippen LogP contribution in [0.4, 0.5) is 4.39 Å². The molecule has 25 heavy (non-hydrogen) atoms. The molecule has 0 spiro atoms. The van der Waals surface area contributed by atoms with Gasteiger partial charge in [0.05, 0.1) is 21.7 Å². The second-order valence-electron chi connectivity index (χ2n) is 5.58. The molecule has 128 valence electrons. The van der Waals surface area contributed by atoms with E-state index in [2.05, 4.69) is 4.98 Å². The van der Waals surface area contributed by atoms with Gasteiger partial charge in [-0.3, -0.25) is 9.78 Å². The Labute approximate surface area is 148 Å². The Bertz CT molecular complexity index is 964. The first-order chi connectivity index (χ1) is 12.0. The zero-order valence-electron chi connectivity index (χ0n) is 13.8. The van der Waals surface area contributed by atoms with E-state index in [0.29, 0.717) is 21.5 Å². The van der Waals surface area contributed by atoms with Crippen molar-refractivity contribution in [2.45, 2.75) is 20.3 Å². The molecule has 2 aromatic heterocycles. The number of esters is 1. The summed E-state index contributed by atoms with van der Waals surface area (Å²) >= 11 is 1.41. The number of rotatable bonds is 5. The van der Waals surface area contributed by atoms with E-state index in [9.17, 15) is 14.0 Å². The van der Waals surface area contributed by atoms with Crippen LogP contribution < -0.4 is 0 Å². The molecule has 4 nitrogen and oxygen atoms in total. The van der Waals surface area contributed by atoms with Crippen molar-refractivity contribution in [3.8, 4) is 0 Å². The molecule has 2 heterocycles. The van der Waals surface area contributed by atoms with Gasteiger partial charge >= 0.3 is 5.97 Å². The fourth-order valence-corrected chi connectivity index (χ4v) is 3.31. The second kappa shape index (κ2) is 7.11. The van der Waals surface area contributed by atoms with Gasteiger partial charge in [0.2, 0.25) is 5.78 Å². The molecule has 0 atom stereocenters. The Hall–Kier alpha value is -2.60. The number of nitrogens with zero attached hydrogens (tertiary/aromatic N) is 1. The van der Waals surface area contributed by atoms with Crippen LogP contribution in [-0.4, -0.2) is 23.3 Å². The number of thiophene rings is 1. The number of carbonyl (C=O) groups excluding carboxylic acids is 2. The van der Waals surface area contributed by atoms with Crippen molar-refractivity contribution < 1.29 is 18.7 Å². The van der Waals surface area contributed by atoms with Crippen molar-refractivity contribution in [1.82, 2.24) is 4.98 Å². The number of hydrogen-bond acceptors (Lipinski definition) is 5. The van der Waals surface area contributed by atoms with Crippen molar-refractivity contribution in [1.29, 1.82) is 0 Å². The van der Waals surface area contributed by atoms with Gasteiger partial charge in [-0.15, -0.1) is 11.3 Å². The largest absolute Gasteiger partial charge is 0.454 e. The van der Waals surface area contributed by atoms with Crippen molar-refractivity contribution >= 4 is 34.0 Å². The average molecular weight is 357 g/mol. The summed E-state index contributed by atoms with van der Waals surface area (Å²) in [5.74, 6) is -1.23. The molecule has 0 aliphatic carbocycles. The average Bonchev–Trinajstić information content (AvgIpc) is 3.08. The third kappa shape index (κ3) is 3.74. The molecule has 6 heteroatoms. The zero-order chi connectivity index (χ0) is 18.0. The summed E-state index contributed by atoms with van der Waals surface area (Å²) in [6.07, 6.45) is 0.861. The molecule has 0 aliphatic heterocycles. The highest BCUT2D eigenvalue weighted by Gasteiger charge is 2.16. The topological polar surface area (TPSA) is 56.3 Å². The molecular weight excluding hydrogens is 341 g/mol. The number of Topliss-reactive ketones (excluding diaryl/α,β-unsaturated/α-hetero) is 1. The lowest BCUT2D eigenvalue weighted by Gasteiger charge is -2.07. The molecule has 0 amide bonds. The van der Waals surface area contributed by atoms with Crippen molar-refractivity contribution in [3.63, 3.8) is 0 Å². The van der Waals surface area contributed by atoms with Gasteiger partial charge < -0.3 is 4.74 Å². The number of carbonyl (C=O) groups is 2. The summed E-state index contributed by atoms with van der Waals surface area (Å²) in [5, 5.41) is 0.635. The highest BCUT2D eigenvalue weighted by atomic mass is 32.1. The van der Waals surface area contributed by atoms with Gasteiger partial charge in [-0.2, -0.15) is 0 Å². The summed E-state index contributed by atoms with van der Waals surface area (Å²) < 4.78 is 18.4. The Morgan fingerprint density at radius 3 is 2.72 bits per heavy atom. The maximum absolute atomic E-state index is 13.3. The van der Waals surface area contributed by atoms with Gasteiger partial charge in [-0.25, -0.2) is 9.18 Å². The van der Waals surface area contributed by atoms with Crippen LogP contribution in [0, 0.1) is 12.7 Å². The fourth-order valence-electron chi connectivity index (χ4n) is 2.44. The Morgan fingerprint density at radius 1 is 1.20 bits per heavy atom. The molecule has 1 aromatic carbocycles. The van der Waals surface area contributed by atoms with E-state index in [4.69, 9.17) is 4.74 Å². The number of halogens is 1. The van der Waals surface area contributed by atoms with Gasteiger partial charge in [0.25, 0.3) is 0 Å². The predicted molar refractivity (Wildman–Crippen MR) is 94.7 cm³/mol. The van der Waals surface area contributed by atoms with E-state index in [0.717, 1.165) is 11.3 Å². The molecular formula is C19H16FNO3S. The minimum absolute atomic E-state index is 0.230. The minimum Gasteiger partial charge on any atom is -0.454 e. The van der Waals surface area contributed by atoms with E-state index < -0.39 is 5.97 Å². The van der Waals surface area contributed by atoms with E-state index in [1.54, 1.807) is 25.1 Å². The van der Waals surface area contributed by atoms with E-state index in [-0.39, 0.29) is 23.8 Å². The lowest BCUT2D eigenvalue weighted by atomic mass is 10.1. The number of hydrogen-bond donors (Lipinski definition) is 0. The number of aryl methyl sites for hydroxylation is 2. The first-order valence-corrected chi connectivity index (χ1v) is 8.65. The first kappa shape index (κ1) is 17.2. The Morgan fingerprint density at radius 2 is 2.00 bits per heavy atom. The lowest BCUT2D eigenvalue weighted by molar-refractivity contribution is 0.0475. The molecule has 0 unspecified atom stereocenters. The standard InChI is InChI=1S/C19H16FNO3S/c1-3-14-6-7-18(25-14)17(22)10-24-19(23)15-8-12-4-5-13(20)9-16(12)21-11(15)2/h4-9H,3,10H2,1-2H3. The molecule has 0 radical (unpaired) electrons. The summed E-state index contributed by atoms with van der Waals surface area (Å²) in [6, 6.07) is 9.41. The quantitative estimate of drug-likeness (QED) is 0.503. The smallest absolute Gasteiger partial charge is 0.340 e. The molecule has 3 rings (SSSR count). The fraction of sp³-hybridized carbons (Fsp3) is 0.211. The summed E-state index contributed by atoms with van der Waals surface area (Å²) in [4.78, 5) is 30.3. The SMILES string of the molecule is CCc1ccc(C(=O)COC(=O)c2cc3ccc(F)cc3nc2C)s1. The first-order valence-electron chi connectivity index (χ1n) is 7.84. The van der Waals surface area contributed by atoms with Crippen LogP contribution >= 0.6 is 11.3 Å². The number of aromatic nitrogens is 1. The molecule has 3 aromatic rings. The van der Waals surface area contributed by atoms with Crippen LogP contribution in [-0.2, 0) is 11.2 Å². The minimum atomic E-state index is -0.614. The van der Waals surface area contributed by atoms with E-state index >= 15 is 0 Å². The number of fused-ring (bicyclic) bond motifs is 1. The predicted octanol–water partition coefficient (Wildman–Crippen LogP) is 4.35. The van der Waals surface area contributed by atoms with Crippen molar-refractivity contribution in [3.05, 3.63) is 63.2 Å². The summed E-state index contributed by atoms with van der Waals surface area (Å²) in [5.41, 5.74) is 1.17. The third-order valence-corrected chi connectivity index (χ3v) is 5.08. The van der Waals surface area contributed by atoms with Gasteiger partial charge in [0.1, 0.15) is 5.82 Å². The highest BCUT2D eigenvalue weighted by molar-refractivity contribution is 7.14. The van der Waals surface area contributed by atoms with Gasteiger partial charge in [0, 0.05) is 16.3 Å². The maximum Gasteiger partial charge on any atom is 0.340 e. The second-order valence-corrected chi connectivity index (χ2v) is 6.75. The normalized spacial score (nSPS) is 10.8. The zero-order valence-corrected chi connectivity index (χ0v) is 14.7. The summed E-state index contributed by atoms with van der Waals surface area (Å²) in [7, 11) is 0. The molecule has 0 saturated heterocycles. The summed E-state index contributed by atoms with van der Waals surface area (Å²) in [6.45, 7) is 3.35.